The van der Waals surface area contributed by atoms with Crippen molar-refractivity contribution in [1.29, 1.82) is 5.41 Å². The predicted octanol–water partition coefficient (Wildman–Crippen LogP) is 2.96. The number of esters is 1. The summed E-state index contributed by atoms with van der Waals surface area (Å²) in [6.45, 7) is 4.40. The van der Waals surface area contributed by atoms with Crippen LogP contribution in [0.1, 0.15) is 52.1 Å². The molecular weight excluding hydrogens is 452 g/mol. The molecule has 0 bridgehead atoms. The monoisotopic (exact) mass is 480 g/mol. The molecule has 0 aromatic heterocycles. The van der Waals surface area contributed by atoms with E-state index in [1.54, 1.807) is 49.4 Å². The number of hydrogen-bond donors (Lipinski definition) is 3. The highest BCUT2D eigenvalue weighted by Gasteiger charge is 2.26. The van der Waals surface area contributed by atoms with Crippen molar-refractivity contribution in [1.82, 2.24) is 10.2 Å². The number of nitrogens with one attached hydrogen (secondary N) is 3. The molecule has 3 rings (SSSR count). The van der Waals surface area contributed by atoms with E-state index < -0.39 is 12.1 Å². The number of carbonyl (C=O) groups is 4. The average Bonchev–Trinajstić information content (AvgIpc) is 2.84. The molecule has 0 saturated heterocycles. The summed E-state index contributed by atoms with van der Waals surface area (Å²) in [4.78, 5) is 50.1. The van der Waals surface area contributed by atoms with Crippen molar-refractivity contribution in [2.75, 3.05) is 31.6 Å². The summed E-state index contributed by atoms with van der Waals surface area (Å²) in [7, 11) is 0. The largest absolute Gasteiger partial charge is 0.465 e. The molecule has 0 unspecified atom stereocenters. The number of amidine groups is 1. The van der Waals surface area contributed by atoms with Gasteiger partial charge in [0.05, 0.1) is 13.2 Å². The quantitative estimate of drug-likeness (QED) is 0.302. The molecule has 0 radical (unpaired) electrons. The lowest BCUT2D eigenvalue weighted by Crippen LogP contribution is -2.41. The van der Waals surface area contributed by atoms with Gasteiger partial charge in [0.1, 0.15) is 12.4 Å². The lowest BCUT2D eigenvalue weighted by molar-refractivity contribution is -0.143. The standard InChI is InChI=1S/C25H28N4O6/c1-3-13-35-25(33)28-22(26)16-5-7-17(8-6-16)23(31)27-19-9-10-20-18(14-19)11-12-29(24(20)32)15-21(30)34-4-2/h5-10,14H,3-4,11-13,15H2,1-2H3,(H,27,31)(H2,26,28,33). The first-order valence-electron chi connectivity index (χ1n) is 11.3. The predicted molar refractivity (Wildman–Crippen MR) is 129 cm³/mol. The summed E-state index contributed by atoms with van der Waals surface area (Å²) < 4.78 is 9.81. The van der Waals surface area contributed by atoms with Crippen molar-refractivity contribution in [3.63, 3.8) is 0 Å². The molecule has 0 spiro atoms. The molecule has 3 N–H and O–H groups in total. The minimum Gasteiger partial charge on any atom is -0.465 e. The summed E-state index contributed by atoms with van der Waals surface area (Å²) in [5.74, 6) is -1.18. The lowest BCUT2D eigenvalue weighted by atomic mass is 9.98. The summed E-state index contributed by atoms with van der Waals surface area (Å²) >= 11 is 0. The molecular formula is C25H28N4O6. The Balaban J connectivity index is 1.61. The van der Waals surface area contributed by atoms with Gasteiger partial charge in [0.2, 0.25) is 0 Å². The average molecular weight is 481 g/mol. The molecule has 1 heterocycles. The number of alkyl carbamates (subject to hydrolysis) is 1. The zero-order valence-corrected chi connectivity index (χ0v) is 19.7. The van der Waals surface area contributed by atoms with Crippen LogP contribution < -0.4 is 10.6 Å². The highest BCUT2D eigenvalue weighted by molar-refractivity contribution is 6.07. The van der Waals surface area contributed by atoms with Crippen molar-refractivity contribution < 1.29 is 28.7 Å². The molecule has 0 aliphatic carbocycles. The maximum Gasteiger partial charge on any atom is 0.412 e. The second-order valence-corrected chi connectivity index (χ2v) is 7.82. The van der Waals surface area contributed by atoms with Crippen molar-refractivity contribution in [3.05, 3.63) is 64.7 Å². The van der Waals surface area contributed by atoms with E-state index in [0.717, 1.165) is 5.56 Å². The normalized spacial score (nSPS) is 12.4. The van der Waals surface area contributed by atoms with Crippen LogP contribution in [0.5, 0.6) is 0 Å². The molecule has 0 fully saturated rings. The number of rotatable bonds is 8. The van der Waals surface area contributed by atoms with E-state index in [9.17, 15) is 19.2 Å². The van der Waals surface area contributed by atoms with E-state index in [0.29, 0.717) is 41.8 Å². The van der Waals surface area contributed by atoms with Crippen molar-refractivity contribution in [2.24, 2.45) is 0 Å². The maximum absolute atomic E-state index is 12.7. The number of benzene rings is 2. The van der Waals surface area contributed by atoms with Crippen LogP contribution in [0.4, 0.5) is 10.5 Å². The van der Waals surface area contributed by atoms with Crippen molar-refractivity contribution in [3.8, 4) is 0 Å². The number of carbonyl (C=O) groups excluding carboxylic acids is 4. The Kier molecular flexibility index (Phi) is 8.55. The minimum atomic E-state index is -0.700. The van der Waals surface area contributed by atoms with E-state index in [4.69, 9.17) is 14.9 Å². The van der Waals surface area contributed by atoms with Gasteiger partial charge in [0, 0.05) is 28.9 Å². The van der Waals surface area contributed by atoms with Gasteiger partial charge in [-0.3, -0.25) is 25.1 Å². The number of anilines is 1. The second kappa shape index (κ2) is 11.8. The summed E-state index contributed by atoms with van der Waals surface area (Å²) in [5.41, 5.74) is 2.61. The third kappa shape index (κ3) is 6.66. The Labute approximate surface area is 203 Å². The van der Waals surface area contributed by atoms with Gasteiger partial charge in [0.25, 0.3) is 11.8 Å². The molecule has 1 aliphatic heterocycles. The summed E-state index contributed by atoms with van der Waals surface area (Å²) in [6.07, 6.45) is 0.529. The van der Waals surface area contributed by atoms with Crippen LogP contribution in [0, 0.1) is 5.41 Å². The lowest BCUT2D eigenvalue weighted by Gasteiger charge is -2.28. The fourth-order valence-electron chi connectivity index (χ4n) is 3.52. The SMILES string of the molecule is CCCOC(=O)NC(=N)c1ccc(C(=O)Nc2ccc3c(c2)CCN(CC(=O)OCC)C3=O)cc1. The van der Waals surface area contributed by atoms with Crippen LogP contribution in [-0.2, 0) is 20.7 Å². The van der Waals surface area contributed by atoms with E-state index in [2.05, 4.69) is 10.6 Å². The molecule has 2 aromatic rings. The molecule has 10 nitrogen and oxygen atoms in total. The van der Waals surface area contributed by atoms with Gasteiger partial charge in [-0.25, -0.2) is 4.79 Å². The van der Waals surface area contributed by atoms with Gasteiger partial charge >= 0.3 is 12.1 Å². The van der Waals surface area contributed by atoms with Gasteiger partial charge in [-0.2, -0.15) is 0 Å². The molecule has 0 saturated carbocycles. The fraction of sp³-hybridized carbons (Fsp3) is 0.320. The Bertz CT molecular complexity index is 1130. The zero-order chi connectivity index (χ0) is 25.4. The third-order valence-electron chi connectivity index (χ3n) is 5.26. The molecule has 35 heavy (non-hydrogen) atoms. The number of fused-ring (bicyclic) bond motifs is 1. The van der Waals surface area contributed by atoms with Crippen molar-refractivity contribution in [2.45, 2.75) is 26.7 Å². The van der Waals surface area contributed by atoms with Crippen LogP contribution in [0.3, 0.4) is 0 Å². The Morgan fingerprint density at radius 1 is 1.03 bits per heavy atom. The van der Waals surface area contributed by atoms with Crippen LogP contribution in [0.25, 0.3) is 0 Å². The van der Waals surface area contributed by atoms with Gasteiger partial charge < -0.3 is 19.7 Å². The smallest absolute Gasteiger partial charge is 0.412 e. The second-order valence-electron chi connectivity index (χ2n) is 7.82. The van der Waals surface area contributed by atoms with E-state index in [1.165, 1.54) is 4.90 Å². The van der Waals surface area contributed by atoms with Crippen LogP contribution in [0.15, 0.2) is 42.5 Å². The molecule has 3 amide bonds. The Hall–Kier alpha value is -4.21. The molecule has 10 heteroatoms. The topological polar surface area (TPSA) is 138 Å². The van der Waals surface area contributed by atoms with E-state index in [1.807, 2.05) is 6.92 Å². The number of amides is 3. The van der Waals surface area contributed by atoms with Crippen LogP contribution in [0.2, 0.25) is 0 Å². The first kappa shape index (κ1) is 25.4. The van der Waals surface area contributed by atoms with E-state index in [-0.39, 0.29) is 37.4 Å². The molecule has 2 aromatic carbocycles. The highest BCUT2D eigenvalue weighted by atomic mass is 16.5. The number of nitrogens with zero attached hydrogens (tertiary/aromatic N) is 1. The summed E-state index contributed by atoms with van der Waals surface area (Å²) in [5, 5.41) is 13.1. The van der Waals surface area contributed by atoms with Gasteiger partial charge in [0.15, 0.2) is 0 Å². The number of hydrogen-bond acceptors (Lipinski definition) is 7. The van der Waals surface area contributed by atoms with Crippen molar-refractivity contribution >= 4 is 35.4 Å². The van der Waals surface area contributed by atoms with Gasteiger partial charge in [-0.15, -0.1) is 0 Å². The first-order chi connectivity index (χ1) is 16.8. The van der Waals surface area contributed by atoms with Gasteiger partial charge in [-0.1, -0.05) is 19.1 Å². The fourth-order valence-corrected chi connectivity index (χ4v) is 3.52. The zero-order valence-electron chi connectivity index (χ0n) is 19.7. The molecule has 0 atom stereocenters. The molecule has 184 valence electrons. The van der Waals surface area contributed by atoms with Gasteiger partial charge in [-0.05, 0) is 55.7 Å². The maximum atomic E-state index is 12.7. The van der Waals surface area contributed by atoms with Crippen LogP contribution in [-0.4, -0.2) is 60.9 Å². The highest BCUT2D eigenvalue weighted by Crippen LogP contribution is 2.23. The third-order valence-corrected chi connectivity index (χ3v) is 5.26. The first-order valence-corrected chi connectivity index (χ1v) is 11.3. The minimum absolute atomic E-state index is 0.0898. The number of ether oxygens (including phenoxy) is 2. The Morgan fingerprint density at radius 3 is 2.43 bits per heavy atom. The van der Waals surface area contributed by atoms with Crippen LogP contribution >= 0.6 is 0 Å². The summed E-state index contributed by atoms with van der Waals surface area (Å²) in [6, 6.07) is 11.2. The Morgan fingerprint density at radius 2 is 1.74 bits per heavy atom. The molecule has 1 aliphatic rings. The van der Waals surface area contributed by atoms with E-state index >= 15 is 0 Å².